The minimum absolute atomic E-state index is 0.101. The molecule has 8 N–H and O–H groups in total. The predicted octanol–water partition coefficient (Wildman–Crippen LogP) is -1.22. The van der Waals surface area contributed by atoms with Crippen molar-refractivity contribution in [1.29, 1.82) is 0 Å². The molecule has 0 fully saturated rings. The van der Waals surface area contributed by atoms with Crippen LogP contribution in [-0.4, -0.2) is 83.4 Å². The first kappa shape index (κ1) is 31.6. The van der Waals surface area contributed by atoms with Crippen LogP contribution < -0.4 is 11.1 Å². The van der Waals surface area contributed by atoms with Crippen molar-refractivity contribution in [3.63, 3.8) is 0 Å². The standard InChI is InChI=1S/C12H15Cl2NO5S.C2H5NO2.H2O4S/c1-21(19,20)8-4-2-7(3-5-8)10(17)9(6-16)15-12(18)11(13)14;3-1-2(4)5;1-5(2,3)4/h2-5,9-11,16-17H,6H2,1H3,(H,15,18);1,3H2,(H,4,5);(H2,1,2,3,4)/t9-,10-;;/m1../s1. The Labute approximate surface area is 188 Å². The van der Waals surface area contributed by atoms with Crippen molar-refractivity contribution in [3.05, 3.63) is 29.8 Å². The van der Waals surface area contributed by atoms with Gasteiger partial charge in [0.05, 0.1) is 24.1 Å². The van der Waals surface area contributed by atoms with Crippen molar-refractivity contribution in [2.45, 2.75) is 21.9 Å². The zero-order valence-electron chi connectivity index (χ0n) is 15.8. The highest BCUT2D eigenvalue weighted by Crippen LogP contribution is 2.20. The molecule has 180 valence electrons. The number of aliphatic carboxylic acids is 1. The lowest BCUT2D eigenvalue weighted by molar-refractivity contribution is -0.135. The summed E-state index contributed by atoms with van der Waals surface area (Å²) in [5.41, 5.74) is 4.91. The van der Waals surface area contributed by atoms with Crippen LogP contribution in [-0.2, 0) is 29.8 Å². The predicted molar refractivity (Wildman–Crippen MR) is 110 cm³/mol. The van der Waals surface area contributed by atoms with E-state index < -0.39 is 55.7 Å². The molecule has 0 radical (unpaired) electrons. The molecule has 1 amide bonds. The monoisotopic (exact) mass is 528 g/mol. The number of halogens is 2. The number of rotatable bonds is 7. The van der Waals surface area contributed by atoms with Crippen LogP contribution in [0.1, 0.15) is 11.7 Å². The third kappa shape index (κ3) is 16.8. The fourth-order valence-corrected chi connectivity index (χ4v) is 2.37. The maximum Gasteiger partial charge on any atom is 0.394 e. The highest BCUT2D eigenvalue weighted by Gasteiger charge is 2.24. The number of hydrogen-bond donors (Lipinski definition) is 7. The number of carbonyl (C=O) groups is 2. The fourth-order valence-electron chi connectivity index (χ4n) is 1.61. The van der Waals surface area contributed by atoms with Crippen LogP contribution in [0.2, 0.25) is 0 Å². The molecule has 0 saturated heterocycles. The van der Waals surface area contributed by atoms with E-state index in [1.54, 1.807) is 0 Å². The summed E-state index contributed by atoms with van der Waals surface area (Å²) in [6.45, 7) is -0.818. The normalized spacial score (nSPS) is 13.1. The van der Waals surface area contributed by atoms with Crippen molar-refractivity contribution in [2.24, 2.45) is 5.73 Å². The number of sulfone groups is 1. The van der Waals surface area contributed by atoms with Crippen molar-refractivity contribution in [3.8, 4) is 0 Å². The summed E-state index contributed by atoms with van der Waals surface area (Å²) >= 11 is 10.7. The summed E-state index contributed by atoms with van der Waals surface area (Å²) in [6, 6.07) is 4.44. The summed E-state index contributed by atoms with van der Waals surface area (Å²) in [7, 11) is -8.00. The number of nitrogens with one attached hydrogen (secondary N) is 1. The van der Waals surface area contributed by atoms with E-state index in [4.69, 9.17) is 45.8 Å². The summed E-state index contributed by atoms with van der Waals surface area (Å²) in [5.74, 6) is -1.71. The quantitative estimate of drug-likeness (QED) is 0.162. The Kier molecular flexibility index (Phi) is 14.8. The van der Waals surface area contributed by atoms with Gasteiger partial charge in [-0.05, 0) is 17.7 Å². The molecule has 0 aliphatic rings. The van der Waals surface area contributed by atoms with E-state index in [1.807, 2.05) is 0 Å². The van der Waals surface area contributed by atoms with E-state index in [0.717, 1.165) is 6.26 Å². The van der Waals surface area contributed by atoms with Crippen LogP contribution in [0, 0.1) is 0 Å². The average molecular weight is 529 g/mol. The maximum absolute atomic E-state index is 11.4. The zero-order chi connectivity index (χ0) is 25.0. The average Bonchev–Trinajstić information content (AvgIpc) is 2.63. The topological polar surface area (TPSA) is 242 Å². The number of alkyl halides is 2. The van der Waals surface area contributed by atoms with Gasteiger partial charge in [-0.15, -0.1) is 0 Å². The van der Waals surface area contributed by atoms with Gasteiger partial charge in [-0.25, -0.2) is 8.42 Å². The number of aliphatic hydroxyl groups is 2. The van der Waals surface area contributed by atoms with Crippen LogP contribution >= 0.6 is 23.2 Å². The summed E-state index contributed by atoms with van der Waals surface area (Å²) in [6.07, 6.45) is -0.171. The van der Waals surface area contributed by atoms with Crippen LogP contribution in [0.15, 0.2) is 29.2 Å². The Morgan fingerprint density at radius 1 is 1.10 bits per heavy atom. The second-order valence-corrected chi connectivity index (χ2v) is 9.44. The minimum Gasteiger partial charge on any atom is -0.480 e. The molecule has 0 aromatic heterocycles. The first-order valence-electron chi connectivity index (χ1n) is 7.73. The number of carboxylic acid groups (broad SMARTS) is 1. The van der Waals surface area contributed by atoms with Crippen molar-refractivity contribution in [1.82, 2.24) is 5.32 Å². The molecule has 0 aliphatic carbocycles. The molecule has 31 heavy (non-hydrogen) atoms. The summed E-state index contributed by atoms with van der Waals surface area (Å²) in [4.78, 5) is 19.4. The lowest BCUT2D eigenvalue weighted by Crippen LogP contribution is -2.44. The first-order valence-corrected chi connectivity index (χ1v) is 11.9. The molecular weight excluding hydrogens is 507 g/mol. The third-order valence-electron chi connectivity index (χ3n) is 2.93. The Hall–Kier alpha value is -1.56. The van der Waals surface area contributed by atoms with E-state index in [2.05, 4.69) is 11.1 Å². The Balaban J connectivity index is 0. The molecule has 0 spiro atoms. The molecule has 0 heterocycles. The number of carboxylic acids is 1. The van der Waals surface area contributed by atoms with E-state index in [0.29, 0.717) is 5.56 Å². The van der Waals surface area contributed by atoms with Crippen molar-refractivity contribution >= 4 is 55.3 Å². The molecule has 0 bridgehead atoms. The summed E-state index contributed by atoms with van der Waals surface area (Å²) < 4.78 is 54.3. The van der Waals surface area contributed by atoms with Gasteiger partial charge in [-0.2, -0.15) is 8.42 Å². The lowest BCUT2D eigenvalue weighted by Gasteiger charge is -2.23. The fraction of sp³-hybridized carbons (Fsp3) is 0.429. The van der Waals surface area contributed by atoms with Gasteiger partial charge < -0.3 is 26.4 Å². The molecule has 17 heteroatoms. The highest BCUT2D eigenvalue weighted by atomic mass is 35.5. The molecule has 2 atom stereocenters. The number of benzene rings is 1. The van der Waals surface area contributed by atoms with Gasteiger partial charge in [-0.3, -0.25) is 18.7 Å². The Morgan fingerprint density at radius 2 is 1.48 bits per heavy atom. The van der Waals surface area contributed by atoms with Crippen LogP contribution in [0.4, 0.5) is 0 Å². The van der Waals surface area contributed by atoms with Gasteiger partial charge in [0.1, 0.15) is 6.10 Å². The maximum atomic E-state index is 11.4. The van der Waals surface area contributed by atoms with Gasteiger partial charge in [0.2, 0.25) is 0 Å². The molecule has 13 nitrogen and oxygen atoms in total. The number of nitrogens with two attached hydrogens (primary N) is 1. The Bertz CT molecular complexity index is 899. The molecule has 1 aromatic carbocycles. The van der Waals surface area contributed by atoms with E-state index in [9.17, 15) is 28.2 Å². The summed E-state index contributed by atoms with van der Waals surface area (Å²) in [5, 5.41) is 29.2. The largest absolute Gasteiger partial charge is 0.480 e. The van der Waals surface area contributed by atoms with Gasteiger partial charge >= 0.3 is 16.4 Å². The van der Waals surface area contributed by atoms with E-state index in [-0.39, 0.29) is 11.4 Å². The molecule has 1 aromatic rings. The third-order valence-corrected chi connectivity index (χ3v) is 4.45. The van der Waals surface area contributed by atoms with Crippen LogP contribution in [0.3, 0.4) is 0 Å². The molecular formula is C14H22Cl2N2O11S2. The zero-order valence-corrected chi connectivity index (χ0v) is 18.9. The molecule has 1 rings (SSSR count). The van der Waals surface area contributed by atoms with Crippen molar-refractivity contribution < 1.29 is 50.8 Å². The molecule has 0 saturated carbocycles. The number of carbonyl (C=O) groups excluding carboxylic acids is 1. The number of aliphatic hydroxyl groups excluding tert-OH is 2. The lowest BCUT2D eigenvalue weighted by atomic mass is 10.0. The molecule has 0 aliphatic heterocycles. The van der Waals surface area contributed by atoms with Gasteiger partial charge in [0.25, 0.3) is 5.91 Å². The Morgan fingerprint density at radius 3 is 1.74 bits per heavy atom. The first-order chi connectivity index (χ1) is 13.9. The van der Waals surface area contributed by atoms with Gasteiger partial charge in [-0.1, -0.05) is 35.3 Å². The number of amides is 1. The van der Waals surface area contributed by atoms with Gasteiger partial charge in [0, 0.05) is 6.26 Å². The second kappa shape index (κ2) is 14.5. The van der Waals surface area contributed by atoms with E-state index in [1.165, 1.54) is 24.3 Å². The van der Waals surface area contributed by atoms with Gasteiger partial charge in [0.15, 0.2) is 14.7 Å². The smallest absolute Gasteiger partial charge is 0.394 e. The molecule has 0 unspecified atom stereocenters. The second-order valence-electron chi connectivity index (χ2n) is 5.43. The van der Waals surface area contributed by atoms with Crippen molar-refractivity contribution in [2.75, 3.05) is 19.4 Å². The number of hydrogen-bond acceptors (Lipinski definition) is 9. The van der Waals surface area contributed by atoms with Crippen LogP contribution in [0.5, 0.6) is 0 Å². The SMILES string of the molecule is CS(=O)(=O)c1ccc([C@@H](O)[C@@H](CO)NC(=O)C(Cl)Cl)cc1.NCC(=O)O.O=S(=O)(O)O. The van der Waals surface area contributed by atoms with E-state index >= 15 is 0 Å². The minimum atomic E-state index is -4.67. The van der Waals surface area contributed by atoms with Crippen LogP contribution in [0.25, 0.3) is 0 Å². The highest BCUT2D eigenvalue weighted by molar-refractivity contribution is 7.90.